The lowest BCUT2D eigenvalue weighted by atomic mass is 9.98. The van der Waals surface area contributed by atoms with Crippen LogP contribution in [-0.2, 0) is 0 Å². The zero-order chi connectivity index (χ0) is 30.5. The predicted octanol–water partition coefficient (Wildman–Crippen LogP) is 13.2. The summed E-state index contributed by atoms with van der Waals surface area (Å²) in [5, 5.41) is 7.65. The summed E-state index contributed by atoms with van der Waals surface area (Å²) in [5.74, 6) is 0. The second-order valence-electron chi connectivity index (χ2n) is 11.8. The number of hydrogen-bond donors (Lipinski definition) is 0. The molecule has 0 aliphatic heterocycles. The van der Waals surface area contributed by atoms with Gasteiger partial charge in [0, 0.05) is 37.1 Å². The van der Waals surface area contributed by atoms with E-state index in [1.165, 1.54) is 64.0 Å². The summed E-state index contributed by atoms with van der Waals surface area (Å²) < 4.78 is 2.62. The molecule has 8 aromatic carbocycles. The van der Waals surface area contributed by atoms with Crippen molar-refractivity contribution in [3.05, 3.63) is 176 Å². The summed E-state index contributed by atoms with van der Waals surface area (Å²) >= 11 is 1.87. The second-order valence-corrected chi connectivity index (χ2v) is 12.9. The van der Waals surface area contributed by atoms with Gasteiger partial charge in [0.25, 0.3) is 0 Å². The lowest BCUT2D eigenvalue weighted by Crippen LogP contribution is -2.11. The van der Waals surface area contributed by atoms with Crippen LogP contribution in [0.4, 0.5) is 17.1 Å². The van der Waals surface area contributed by atoms with Crippen molar-refractivity contribution in [3.63, 3.8) is 0 Å². The molecular formula is C44H29NS. The summed E-state index contributed by atoms with van der Waals surface area (Å²) in [5.41, 5.74) is 8.23. The van der Waals surface area contributed by atoms with Gasteiger partial charge in [0.15, 0.2) is 0 Å². The van der Waals surface area contributed by atoms with Crippen molar-refractivity contribution < 1.29 is 0 Å². The Labute approximate surface area is 272 Å². The van der Waals surface area contributed by atoms with Crippen molar-refractivity contribution in [3.8, 4) is 22.3 Å². The van der Waals surface area contributed by atoms with Crippen molar-refractivity contribution in [2.45, 2.75) is 0 Å². The van der Waals surface area contributed by atoms with E-state index in [0.29, 0.717) is 0 Å². The molecule has 0 unspecified atom stereocenters. The summed E-state index contributed by atoms with van der Waals surface area (Å²) in [4.78, 5) is 2.42. The largest absolute Gasteiger partial charge is 0.310 e. The molecule has 0 spiro atoms. The molecule has 0 aliphatic rings. The van der Waals surface area contributed by atoms with E-state index in [-0.39, 0.29) is 0 Å². The predicted molar refractivity (Wildman–Crippen MR) is 200 cm³/mol. The fraction of sp³-hybridized carbons (Fsp3) is 0. The third-order valence-electron chi connectivity index (χ3n) is 9.02. The Morgan fingerprint density at radius 3 is 1.74 bits per heavy atom. The number of thiophene rings is 1. The molecule has 1 heterocycles. The van der Waals surface area contributed by atoms with Crippen LogP contribution in [0.1, 0.15) is 0 Å². The third-order valence-corrected chi connectivity index (χ3v) is 10.2. The average Bonchev–Trinajstić information content (AvgIpc) is 3.48. The van der Waals surface area contributed by atoms with E-state index in [4.69, 9.17) is 0 Å². The van der Waals surface area contributed by atoms with Crippen LogP contribution in [0, 0.1) is 0 Å². The summed E-state index contributed by atoms with van der Waals surface area (Å²) in [6.07, 6.45) is 0. The topological polar surface area (TPSA) is 3.24 Å². The molecule has 0 bridgehead atoms. The molecule has 1 aromatic heterocycles. The van der Waals surface area contributed by atoms with Crippen molar-refractivity contribution in [2.24, 2.45) is 0 Å². The van der Waals surface area contributed by atoms with Crippen LogP contribution in [0.15, 0.2) is 176 Å². The van der Waals surface area contributed by atoms with Gasteiger partial charge in [0.2, 0.25) is 0 Å². The highest BCUT2D eigenvalue weighted by molar-refractivity contribution is 7.25. The Hall–Kier alpha value is -5.70. The van der Waals surface area contributed by atoms with Crippen molar-refractivity contribution in [1.29, 1.82) is 0 Å². The van der Waals surface area contributed by atoms with E-state index in [9.17, 15) is 0 Å². The SMILES string of the molecule is c1ccc(-c2ccc(N(c3ccc4sc5cc6ccccc6cc5c4c3)c3ccccc3-c3ccc4ccccc4c3)cc2)cc1. The van der Waals surface area contributed by atoms with Gasteiger partial charge in [-0.05, 0) is 92.8 Å². The fourth-order valence-electron chi connectivity index (χ4n) is 6.72. The molecule has 9 rings (SSSR count). The molecule has 9 aromatic rings. The van der Waals surface area contributed by atoms with Gasteiger partial charge < -0.3 is 4.90 Å². The van der Waals surface area contributed by atoms with Gasteiger partial charge in [-0.25, -0.2) is 0 Å². The molecule has 0 fully saturated rings. The first-order valence-corrected chi connectivity index (χ1v) is 16.5. The highest BCUT2D eigenvalue weighted by Crippen LogP contribution is 2.45. The smallest absolute Gasteiger partial charge is 0.0540 e. The molecule has 0 saturated heterocycles. The van der Waals surface area contributed by atoms with E-state index in [0.717, 1.165) is 17.1 Å². The minimum absolute atomic E-state index is 1.12. The zero-order valence-corrected chi connectivity index (χ0v) is 25.9. The van der Waals surface area contributed by atoms with Gasteiger partial charge in [-0.15, -0.1) is 11.3 Å². The van der Waals surface area contributed by atoms with Gasteiger partial charge in [0.05, 0.1) is 5.69 Å². The van der Waals surface area contributed by atoms with Crippen LogP contribution in [0.3, 0.4) is 0 Å². The Morgan fingerprint density at radius 1 is 0.348 bits per heavy atom. The Kier molecular flexibility index (Phi) is 6.40. The van der Waals surface area contributed by atoms with Crippen LogP contribution in [0.2, 0.25) is 0 Å². The lowest BCUT2D eigenvalue weighted by molar-refractivity contribution is 1.29. The molecule has 0 aliphatic carbocycles. The van der Waals surface area contributed by atoms with Crippen molar-refractivity contribution in [1.82, 2.24) is 0 Å². The molecule has 0 radical (unpaired) electrons. The zero-order valence-electron chi connectivity index (χ0n) is 25.1. The quantitative estimate of drug-likeness (QED) is 0.189. The fourth-order valence-corrected chi connectivity index (χ4v) is 7.84. The third kappa shape index (κ3) is 4.63. The van der Waals surface area contributed by atoms with Crippen LogP contribution in [0.5, 0.6) is 0 Å². The minimum atomic E-state index is 1.12. The Balaban J connectivity index is 1.25. The van der Waals surface area contributed by atoms with E-state index in [1.54, 1.807) is 0 Å². The summed E-state index contributed by atoms with van der Waals surface area (Å²) in [6.45, 7) is 0. The standard InChI is InChI=1S/C44H29NS/c1-2-10-30(11-3-1)32-20-22-37(23-21-32)45(42-17-9-8-16-39(42)36-19-18-31-12-4-5-13-33(31)26-36)38-24-25-43-41(29-38)40-27-34-14-6-7-15-35(34)28-44(40)46-43/h1-29H. The van der Waals surface area contributed by atoms with Crippen LogP contribution in [-0.4, -0.2) is 0 Å². The normalized spacial score (nSPS) is 11.5. The number of rotatable bonds is 5. The van der Waals surface area contributed by atoms with Crippen molar-refractivity contribution in [2.75, 3.05) is 4.90 Å². The molecule has 0 atom stereocenters. The molecule has 0 amide bonds. The molecule has 46 heavy (non-hydrogen) atoms. The molecule has 2 heteroatoms. The highest BCUT2D eigenvalue weighted by Gasteiger charge is 2.19. The first-order chi connectivity index (χ1) is 22.8. The first kappa shape index (κ1) is 26.7. The summed E-state index contributed by atoms with van der Waals surface area (Å²) in [6, 6.07) is 64.0. The maximum atomic E-state index is 2.42. The van der Waals surface area contributed by atoms with Gasteiger partial charge in [-0.3, -0.25) is 0 Å². The van der Waals surface area contributed by atoms with Gasteiger partial charge in [-0.2, -0.15) is 0 Å². The first-order valence-electron chi connectivity index (χ1n) is 15.7. The van der Waals surface area contributed by atoms with Gasteiger partial charge in [-0.1, -0.05) is 121 Å². The number of hydrogen-bond acceptors (Lipinski definition) is 2. The second kappa shape index (κ2) is 11.0. The van der Waals surface area contributed by atoms with E-state index >= 15 is 0 Å². The Bertz CT molecular complexity index is 2530. The summed E-state index contributed by atoms with van der Waals surface area (Å²) in [7, 11) is 0. The molecular weight excluding hydrogens is 575 g/mol. The van der Waals surface area contributed by atoms with Crippen molar-refractivity contribution >= 4 is 70.1 Å². The number of nitrogens with zero attached hydrogens (tertiary/aromatic N) is 1. The van der Waals surface area contributed by atoms with E-state index in [2.05, 4.69) is 181 Å². The maximum Gasteiger partial charge on any atom is 0.0540 e. The Morgan fingerprint density at radius 2 is 0.935 bits per heavy atom. The molecule has 0 saturated carbocycles. The maximum absolute atomic E-state index is 2.42. The number of anilines is 3. The molecule has 216 valence electrons. The average molecular weight is 604 g/mol. The van der Waals surface area contributed by atoms with Crippen LogP contribution >= 0.6 is 11.3 Å². The highest BCUT2D eigenvalue weighted by atomic mass is 32.1. The minimum Gasteiger partial charge on any atom is -0.310 e. The number of para-hydroxylation sites is 1. The lowest BCUT2D eigenvalue weighted by Gasteiger charge is -2.28. The van der Waals surface area contributed by atoms with Gasteiger partial charge >= 0.3 is 0 Å². The van der Waals surface area contributed by atoms with Gasteiger partial charge in [0.1, 0.15) is 0 Å². The van der Waals surface area contributed by atoms with Crippen LogP contribution in [0.25, 0.3) is 64.0 Å². The number of benzene rings is 8. The van der Waals surface area contributed by atoms with E-state index < -0.39 is 0 Å². The number of fused-ring (bicyclic) bond motifs is 5. The molecule has 1 nitrogen and oxygen atoms in total. The van der Waals surface area contributed by atoms with Crippen LogP contribution < -0.4 is 4.90 Å². The van der Waals surface area contributed by atoms with E-state index in [1.807, 2.05) is 11.3 Å². The monoisotopic (exact) mass is 603 g/mol. The molecule has 0 N–H and O–H groups in total.